The Kier molecular flexibility index (Phi) is 5.64. The molecule has 1 aliphatic carbocycles. The Morgan fingerprint density at radius 1 is 1.00 bits per heavy atom. The number of rotatable bonds is 6. The molecule has 3 aromatic rings. The Labute approximate surface area is 185 Å². The number of carbonyl (C=O) groups excluding carboxylic acids is 2. The summed E-state index contributed by atoms with van der Waals surface area (Å²) in [5.41, 5.74) is 10.1. The first kappa shape index (κ1) is 21.1. The van der Waals surface area contributed by atoms with Gasteiger partial charge in [0.25, 0.3) is 0 Å². The number of primary amides is 1. The molecule has 7 heteroatoms. The van der Waals surface area contributed by atoms with Gasteiger partial charge in [0.05, 0.1) is 33.4 Å². The number of benzene rings is 2. The number of nitrogens with zero attached hydrogens (tertiary/aromatic N) is 1. The summed E-state index contributed by atoms with van der Waals surface area (Å²) in [7, 11) is 4.66. The topological polar surface area (TPSA) is 101 Å². The molecule has 1 heterocycles. The van der Waals surface area contributed by atoms with Gasteiger partial charge in [-0.3, -0.25) is 14.6 Å². The van der Waals surface area contributed by atoms with Crippen LogP contribution in [0, 0.1) is 0 Å². The fraction of sp³-hybridized carbons (Fsp3) is 0.160. The van der Waals surface area contributed by atoms with E-state index in [0.29, 0.717) is 34.1 Å². The molecule has 4 rings (SSSR count). The van der Waals surface area contributed by atoms with Gasteiger partial charge in [0.1, 0.15) is 0 Å². The number of allylic oxidation sites excluding steroid dienone is 1. The fourth-order valence-corrected chi connectivity index (χ4v) is 3.78. The number of fused-ring (bicyclic) bond motifs is 1. The van der Waals surface area contributed by atoms with Crippen LogP contribution in [0.1, 0.15) is 27.2 Å². The maximum Gasteiger partial charge on any atom is 0.248 e. The summed E-state index contributed by atoms with van der Waals surface area (Å²) >= 11 is 0. The lowest BCUT2D eigenvalue weighted by molar-refractivity contribution is -0.112. The van der Waals surface area contributed by atoms with Crippen LogP contribution < -0.4 is 19.9 Å². The van der Waals surface area contributed by atoms with E-state index in [4.69, 9.17) is 19.9 Å². The summed E-state index contributed by atoms with van der Waals surface area (Å²) in [5.74, 6) is 1.00. The minimum absolute atomic E-state index is 0.0287. The van der Waals surface area contributed by atoms with Crippen molar-refractivity contribution in [3.05, 3.63) is 71.0 Å². The van der Waals surface area contributed by atoms with E-state index < -0.39 is 5.91 Å². The smallest absolute Gasteiger partial charge is 0.248 e. The third-order valence-corrected chi connectivity index (χ3v) is 5.37. The fourth-order valence-electron chi connectivity index (χ4n) is 3.78. The average molecular weight is 430 g/mol. The van der Waals surface area contributed by atoms with Gasteiger partial charge in [0.2, 0.25) is 11.7 Å². The van der Waals surface area contributed by atoms with E-state index in [2.05, 4.69) is 4.98 Å². The number of Topliss-reactive ketones (excluding diaryl/α,β-unsaturated/α-hetero) is 1. The zero-order valence-electron chi connectivity index (χ0n) is 18.0. The van der Waals surface area contributed by atoms with Crippen LogP contribution in [0.2, 0.25) is 0 Å². The Morgan fingerprint density at radius 3 is 2.34 bits per heavy atom. The summed E-state index contributed by atoms with van der Waals surface area (Å²) in [6.45, 7) is 0. The zero-order valence-corrected chi connectivity index (χ0v) is 18.0. The molecule has 0 saturated carbocycles. The number of hydrogen-bond acceptors (Lipinski definition) is 6. The monoisotopic (exact) mass is 430 g/mol. The van der Waals surface area contributed by atoms with Crippen molar-refractivity contribution in [2.24, 2.45) is 5.73 Å². The molecular weight excluding hydrogens is 408 g/mol. The van der Waals surface area contributed by atoms with Gasteiger partial charge in [0, 0.05) is 28.5 Å². The first-order chi connectivity index (χ1) is 15.4. The van der Waals surface area contributed by atoms with Gasteiger partial charge < -0.3 is 19.9 Å². The second-order valence-corrected chi connectivity index (χ2v) is 7.28. The van der Waals surface area contributed by atoms with E-state index in [1.807, 2.05) is 24.3 Å². The minimum Gasteiger partial charge on any atom is -0.493 e. The summed E-state index contributed by atoms with van der Waals surface area (Å²) in [6.07, 6.45) is 3.72. The lowest BCUT2D eigenvalue weighted by Crippen LogP contribution is -2.10. The molecule has 2 aromatic carbocycles. The molecule has 0 atom stereocenters. The van der Waals surface area contributed by atoms with Crippen LogP contribution in [0.5, 0.6) is 17.2 Å². The van der Waals surface area contributed by atoms with Crippen LogP contribution in [-0.2, 0) is 11.2 Å². The third kappa shape index (κ3) is 3.80. The van der Waals surface area contributed by atoms with Gasteiger partial charge in [0.15, 0.2) is 17.3 Å². The van der Waals surface area contributed by atoms with E-state index in [1.165, 1.54) is 0 Å². The van der Waals surface area contributed by atoms with E-state index in [0.717, 1.165) is 22.3 Å². The number of ether oxygens (including phenoxy) is 3. The molecule has 0 saturated heterocycles. The second kappa shape index (κ2) is 8.55. The van der Waals surface area contributed by atoms with E-state index >= 15 is 0 Å². The highest BCUT2D eigenvalue weighted by Crippen LogP contribution is 2.42. The van der Waals surface area contributed by atoms with Gasteiger partial charge in [-0.15, -0.1) is 0 Å². The molecule has 162 valence electrons. The average Bonchev–Trinajstić information content (AvgIpc) is 3.12. The maximum atomic E-state index is 12.7. The van der Waals surface area contributed by atoms with Gasteiger partial charge in [-0.25, -0.2) is 0 Å². The van der Waals surface area contributed by atoms with Crippen molar-refractivity contribution in [1.29, 1.82) is 0 Å². The molecule has 1 amide bonds. The quantitative estimate of drug-likeness (QED) is 0.601. The Bertz CT molecular complexity index is 1240. The molecule has 1 aliphatic rings. The second-order valence-electron chi connectivity index (χ2n) is 7.28. The number of amides is 1. The van der Waals surface area contributed by atoms with Gasteiger partial charge in [-0.1, -0.05) is 12.1 Å². The highest BCUT2D eigenvalue weighted by atomic mass is 16.5. The molecule has 32 heavy (non-hydrogen) atoms. The summed E-state index contributed by atoms with van der Waals surface area (Å²) < 4.78 is 16.3. The van der Waals surface area contributed by atoms with Crippen molar-refractivity contribution in [3.8, 4) is 28.4 Å². The Hall–Kier alpha value is -4.13. The van der Waals surface area contributed by atoms with Crippen molar-refractivity contribution in [2.75, 3.05) is 21.3 Å². The summed E-state index contributed by atoms with van der Waals surface area (Å²) in [6, 6.07) is 12.5. The molecule has 2 N–H and O–H groups in total. The molecule has 0 spiro atoms. The SMILES string of the molecule is COc1cc(-c2cnc3c(c2)C(=Cc2cccc(C(N)=O)c2)C(=O)C3)cc(OC)c1OC. The lowest BCUT2D eigenvalue weighted by atomic mass is 10.00. The highest BCUT2D eigenvalue weighted by molar-refractivity contribution is 6.29. The number of hydrogen-bond donors (Lipinski definition) is 1. The molecule has 0 bridgehead atoms. The molecule has 0 radical (unpaired) electrons. The van der Waals surface area contributed by atoms with Gasteiger partial charge >= 0.3 is 0 Å². The van der Waals surface area contributed by atoms with E-state index in [1.54, 1.807) is 51.8 Å². The first-order valence-electron chi connectivity index (χ1n) is 9.89. The van der Waals surface area contributed by atoms with Crippen LogP contribution in [0.15, 0.2) is 48.7 Å². The van der Waals surface area contributed by atoms with Crippen molar-refractivity contribution < 1.29 is 23.8 Å². The lowest BCUT2D eigenvalue weighted by Gasteiger charge is -2.14. The number of carbonyl (C=O) groups is 2. The number of ketones is 1. The zero-order chi connectivity index (χ0) is 22.8. The van der Waals surface area contributed by atoms with Crippen molar-refractivity contribution in [3.63, 3.8) is 0 Å². The van der Waals surface area contributed by atoms with Crippen LogP contribution in [0.25, 0.3) is 22.8 Å². The highest BCUT2D eigenvalue weighted by Gasteiger charge is 2.26. The van der Waals surface area contributed by atoms with Crippen molar-refractivity contribution in [2.45, 2.75) is 6.42 Å². The molecule has 0 aliphatic heterocycles. The molecule has 0 fully saturated rings. The van der Waals surface area contributed by atoms with Crippen LogP contribution in [-0.4, -0.2) is 38.0 Å². The largest absolute Gasteiger partial charge is 0.493 e. The minimum atomic E-state index is -0.519. The van der Waals surface area contributed by atoms with E-state index in [9.17, 15) is 9.59 Å². The number of aromatic nitrogens is 1. The molecule has 0 unspecified atom stereocenters. The number of methoxy groups -OCH3 is 3. The first-order valence-corrected chi connectivity index (χ1v) is 9.89. The number of nitrogens with two attached hydrogens (primary N) is 1. The van der Waals surface area contributed by atoms with Crippen LogP contribution in [0.3, 0.4) is 0 Å². The van der Waals surface area contributed by atoms with Gasteiger partial charge in [-0.2, -0.15) is 0 Å². The van der Waals surface area contributed by atoms with E-state index in [-0.39, 0.29) is 12.2 Å². The summed E-state index contributed by atoms with van der Waals surface area (Å²) in [4.78, 5) is 28.8. The molecular formula is C25H22N2O5. The Morgan fingerprint density at radius 2 is 1.72 bits per heavy atom. The van der Waals surface area contributed by atoms with Crippen LogP contribution in [0.4, 0.5) is 0 Å². The maximum absolute atomic E-state index is 12.7. The third-order valence-electron chi connectivity index (χ3n) is 5.37. The molecule has 7 nitrogen and oxygen atoms in total. The predicted molar refractivity (Wildman–Crippen MR) is 121 cm³/mol. The van der Waals surface area contributed by atoms with Gasteiger partial charge in [-0.05, 0) is 47.5 Å². The van der Waals surface area contributed by atoms with Crippen LogP contribution >= 0.6 is 0 Å². The van der Waals surface area contributed by atoms with Crippen molar-refractivity contribution in [1.82, 2.24) is 4.98 Å². The van der Waals surface area contributed by atoms with Crippen molar-refractivity contribution >= 4 is 23.3 Å². The number of pyridine rings is 1. The molecule has 1 aromatic heterocycles. The predicted octanol–water partition coefficient (Wildman–Crippen LogP) is 3.54. The standard InChI is InChI=1S/C25H22N2O5/c1-30-22-10-16(11-23(31-2)24(22)32-3)17-9-18-19(21(28)12-20(18)27-13-17)8-14-5-4-6-15(7-14)25(26)29/h4-11,13H,12H2,1-3H3,(H2,26,29). The Balaban J connectivity index is 1.80. The summed E-state index contributed by atoms with van der Waals surface area (Å²) in [5, 5.41) is 0. The normalized spacial score (nSPS) is 13.7.